The molecule has 0 atom stereocenters. The molecule has 144 valence electrons. The molecule has 1 N–H and O–H groups in total. The number of amides is 1. The van der Waals surface area contributed by atoms with Gasteiger partial charge in [-0.05, 0) is 23.8 Å². The summed E-state index contributed by atoms with van der Waals surface area (Å²) in [6.45, 7) is 0. The van der Waals surface area contributed by atoms with E-state index in [9.17, 15) is 4.79 Å². The maximum Gasteiger partial charge on any atom is 0.248 e. The standard InChI is InChI=1S/C20H23NO6/c1-23-15-10-14(11-16(12-15)24-2)21-19(22)7-6-13-8-17(25-3)20(27-5)18(9-13)26-4/h6-12H,1-5H3,(H,21,22)/b7-6+. The Morgan fingerprint density at radius 1 is 0.778 bits per heavy atom. The zero-order valence-corrected chi connectivity index (χ0v) is 16.0. The normalized spacial score (nSPS) is 10.4. The van der Waals surface area contributed by atoms with Gasteiger partial charge in [0.15, 0.2) is 11.5 Å². The van der Waals surface area contributed by atoms with Crippen LogP contribution in [-0.4, -0.2) is 41.5 Å². The second-order valence-corrected chi connectivity index (χ2v) is 5.38. The molecule has 0 aliphatic heterocycles. The van der Waals surface area contributed by atoms with Crippen molar-refractivity contribution in [2.45, 2.75) is 0 Å². The van der Waals surface area contributed by atoms with Crippen LogP contribution in [0.15, 0.2) is 36.4 Å². The van der Waals surface area contributed by atoms with E-state index in [4.69, 9.17) is 23.7 Å². The number of carbonyl (C=O) groups is 1. The lowest BCUT2D eigenvalue weighted by molar-refractivity contribution is -0.111. The lowest BCUT2D eigenvalue weighted by atomic mass is 10.1. The van der Waals surface area contributed by atoms with Crippen LogP contribution in [0, 0.1) is 0 Å². The molecule has 2 rings (SSSR count). The van der Waals surface area contributed by atoms with Gasteiger partial charge in [-0.2, -0.15) is 0 Å². The topological polar surface area (TPSA) is 75.3 Å². The van der Waals surface area contributed by atoms with E-state index in [0.29, 0.717) is 34.4 Å². The molecule has 27 heavy (non-hydrogen) atoms. The average Bonchev–Trinajstić information content (AvgIpc) is 2.70. The van der Waals surface area contributed by atoms with E-state index in [2.05, 4.69) is 5.32 Å². The van der Waals surface area contributed by atoms with Gasteiger partial charge in [0.1, 0.15) is 11.5 Å². The van der Waals surface area contributed by atoms with Crippen molar-refractivity contribution in [2.24, 2.45) is 0 Å². The van der Waals surface area contributed by atoms with Gasteiger partial charge in [0.25, 0.3) is 0 Å². The maximum atomic E-state index is 12.3. The van der Waals surface area contributed by atoms with Crippen molar-refractivity contribution in [2.75, 3.05) is 40.9 Å². The first-order chi connectivity index (χ1) is 13.0. The number of rotatable bonds is 8. The predicted octanol–water partition coefficient (Wildman–Crippen LogP) is 3.38. The van der Waals surface area contributed by atoms with Gasteiger partial charge < -0.3 is 29.0 Å². The smallest absolute Gasteiger partial charge is 0.248 e. The van der Waals surface area contributed by atoms with Crippen LogP contribution in [0.25, 0.3) is 6.08 Å². The average molecular weight is 373 g/mol. The first-order valence-corrected chi connectivity index (χ1v) is 8.06. The fourth-order valence-corrected chi connectivity index (χ4v) is 2.43. The van der Waals surface area contributed by atoms with Gasteiger partial charge in [0, 0.05) is 30.0 Å². The highest BCUT2D eigenvalue weighted by atomic mass is 16.5. The van der Waals surface area contributed by atoms with Crippen LogP contribution in [0.3, 0.4) is 0 Å². The summed E-state index contributed by atoms with van der Waals surface area (Å²) in [4.78, 5) is 12.3. The number of methoxy groups -OCH3 is 5. The van der Waals surface area contributed by atoms with E-state index in [1.165, 1.54) is 27.4 Å². The Labute approximate surface area is 158 Å². The molecular formula is C20H23NO6. The van der Waals surface area contributed by atoms with E-state index in [1.54, 1.807) is 50.6 Å². The van der Waals surface area contributed by atoms with Crippen LogP contribution in [0.4, 0.5) is 5.69 Å². The van der Waals surface area contributed by atoms with Crippen LogP contribution in [0.1, 0.15) is 5.56 Å². The van der Waals surface area contributed by atoms with Gasteiger partial charge >= 0.3 is 0 Å². The minimum atomic E-state index is -0.306. The van der Waals surface area contributed by atoms with E-state index >= 15 is 0 Å². The van der Waals surface area contributed by atoms with Crippen molar-refractivity contribution in [3.63, 3.8) is 0 Å². The molecule has 0 aromatic heterocycles. The monoisotopic (exact) mass is 373 g/mol. The second-order valence-electron chi connectivity index (χ2n) is 5.38. The summed E-state index contributed by atoms with van der Waals surface area (Å²) in [7, 11) is 7.70. The molecule has 1 amide bonds. The van der Waals surface area contributed by atoms with E-state index in [1.807, 2.05) is 0 Å². The van der Waals surface area contributed by atoms with Gasteiger partial charge in [-0.15, -0.1) is 0 Å². The van der Waals surface area contributed by atoms with E-state index in [-0.39, 0.29) is 5.91 Å². The Morgan fingerprint density at radius 2 is 1.33 bits per heavy atom. The molecule has 0 heterocycles. The Bertz CT molecular complexity index is 784. The molecule has 0 unspecified atom stereocenters. The molecule has 0 aliphatic rings. The van der Waals surface area contributed by atoms with Gasteiger partial charge in [-0.3, -0.25) is 4.79 Å². The second kappa shape index (κ2) is 9.38. The highest BCUT2D eigenvalue weighted by Crippen LogP contribution is 2.38. The predicted molar refractivity (Wildman–Crippen MR) is 103 cm³/mol. The highest BCUT2D eigenvalue weighted by molar-refractivity contribution is 6.02. The summed E-state index contributed by atoms with van der Waals surface area (Å²) in [5.41, 5.74) is 1.29. The molecule has 0 saturated heterocycles. The molecule has 7 heteroatoms. The zero-order valence-electron chi connectivity index (χ0n) is 16.0. The molecule has 2 aromatic carbocycles. The molecule has 0 bridgehead atoms. The van der Waals surface area contributed by atoms with Gasteiger partial charge in [-0.1, -0.05) is 0 Å². The van der Waals surface area contributed by atoms with Crippen LogP contribution in [0.2, 0.25) is 0 Å². The zero-order chi connectivity index (χ0) is 19.8. The maximum absolute atomic E-state index is 12.3. The van der Waals surface area contributed by atoms with Crippen LogP contribution < -0.4 is 29.0 Å². The largest absolute Gasteiger partial charge is 0.497 e. The number of ether oxygens (including phenoxy) is 5. The summed E-state index contributed by atoms with van der Waals surface area (Å²) < 4.78 is 26.3. The molecule has 0 fully saturated rings. The fraction of sp³-hybridized carbons (Fsp3) is 0.250. The number of carbonyl (C=O) groups excluding carboxylic acids is 1. The summed E-state index contributed by atoms with van der Waals surface area (Å²) >= 11 is 0. The van der Waals surface area contributed by atoms with Crippen molar-refractivity contribution < 1.29 is 28.5 Å². The van der Waals surface area contributed by atoms with E-state index < -0.39 is 0 Å². The third-order valence-corrected chi connectivity index (χ3v) is 3.73. The third-order valence-electron chi connectivity index (χ3n) is 3.73. The Kier molecular flexibility index (Phi) is 6.93. The van der Waals surface area contributed by atoms with Crippen LogP contribution >= 0.6 is 0 Å². The number of anilines is 1. The molecule has 2 aromatic rings. The Hall–Kier alpha value is -3.35. The number of hydrogen-bond donors (Lipinski definition) is 1. The highest BCUT2D eigenvalue weighted by Gasteiger charge is 2.12. The first-order valence-electron chi connectivity index (χ1n) is 8.06. The van der Waals surface area contributed by atoms with Crippen molar-refractivity contribution in [3.8, 4) is 28.7 Å². The summed E-state index contributed by atoms with van der Waals surface area (Å²) in [5, 5.41) is 2.77. The number of benzene rings is 2. The van der Waals surface area contributed by atoms with Crippen LogP contribution in [0.5, 0.6) is 28.7 Å². The number of nitrogens with one attached hydrogen (secondary N) is 1. The lowest BCUT2D eigenvalue weighted by Crippen LogP contribution is -2.08. The quantitative estimate of drug-likeness (QED) is 0.715. The van der Waals surface area contributed by atoms with Crippen molar-refractivity contribution in [1.82, 2.24) is 0 Å². The summed E-state index contributed by atoms with van der Waals surface area (Å²) in [5.74, 6) is 2.37. The molecule has 0 radical (unpaired) electrons. The molecule has 0 saturated carbocycles. The van der Waals surface area contributed by atoms with Gasteiger partial charge in [-0.25, -0.2) is 0 Å². The number of hydrogen-bond acceptors (Lipinski definition) is 6. The first kappa shape index (κ1) is 20.0. The fourth-order valence-electron chi connectivity index (χ4n) is 2.43. The van der Waals surface area contributed by atoms with Crippen molar-refractivity contribution >= 4 is 17.7 Å². The minimum Gasteiger partial charge on any atom is -0.497 e. The van der Waals surface area contributed by atoms with Crippen molar-refractivity contribution in [1.29, 1.82) is 0 Å². The minimum absolute atomic E-state index is 0.306. The Morgan fingerprint density at radius 3 is 1.78 bits per heavy atom. The summed E-state index contributed by atoms with van der Waals surface area (Å²) in [6.07, 6.45) is 3.06. The summed E-state index contributed by atoms with van der Waals surface area (Å²) in [6, 6.07) is 8.63. The molecule has 0 aliphatic carbocycles. The Balaban J connectivity index is 2.19. The molecule has 0 spiro atoms. The third kappa shape index (κ3) is 5.07. The van der Waals surface area contributed by atoms with Gasteiger partial charge in [0.05, 0.1) is 35.5 Å². The van der Waals surface area contributed by atoms with Crippen LogP contribution in [-0.2, 0) is 4.79 Å². The SMILES string of the molecule is COc1cc(NC(=O)/C=C/c2cc(OC)c(OC)c(OC)c2)cc(OC)c1. The van der Waals surface area contributed by atoms with Crippen molar-refractivity contribution in [3.05, 3.63) is 42.0 Å². The molecule has 7 nitrogen and oxygen atoms in total. The van der Waals surface area contributed by atoms with Gasteiger partial charge in [0.2, 0.25) is 11.7 Å². The van der Waals surface area contributed by atoms with E-state index in [0.717, 1.165) is 5.56 Å². The lowest BCUT2D eigenvalue weighted by Gasteiger charge is -2.12. The molecular weight excluding hydrogens is 350 g/mol.